The van der Waals surface area contributed by atoms with Crippen LogP contribution in [0.4, 0.5) is 0 Å². The van der Waals surface area contributed by atoms with Crippen molar-refractivity contribution in [3.63, 3.8) is 0 Å². The van der Waals surface area contributed by atoms with Gasteiger partial charge in [-0.15, -0.1) is 5.10 Å². The minimum atomic E-state index is -0.0908. The molecule has 178 valence electrons. The van der Waals surface area contributed by atoms with E-state index in [1.54, 1.807) is 12.3 Å². The highest BCUT2D eigenvalue weighted by Crippen LogP contribution is 2.41. The van der Waals surface area contributed by atoms with Crippen LogP contribution in [0, 0.1) is 0 Å². The molecule has 4 heterocycles. The molecule has 1 aliphatic heterocycles. The highest BCUT2D eigenvalue weighted by Gasteiger charge is 2.32. The van der Waals surface area contributed by atoms with E-state index in [2.05, 4.69) is 78.3 Å². The van der Waals surface area contributed by atoms with Crippen LogP contribution < -0.4 is 0 Å². The maximum absolute atomic E-state index is 11.3. The number of thiazole rings is 1. The standard InChI is InChI=1S/C26H24BrN5O2S/c27-20-9-4-8-19(16-20)22(31-13-11-30(12-14-31)17-18-6-2-1-3-7-18)23-25(33)32-26(35-23)28-24(29-32)21-10-5-15-34-21/h1-10,15-16,22,33H,11-14,17H2/t22-/m0/s1. The number of hydrogen-bond acceptors (Lipinski definition) is 7. The lowest BCUT2D eigenvalue weighted by Crippen LogP contribution is -2.47. The normalized spacial score (nSPS) is 16.1. The second-order valence-electron chi connectivity index (χ2n) is 8.65. The molecule has 1 atom stereocenters. The maximum atomic E-state index is 11.3. The third-order valence-electron chi connectivity index (χ3n) is 6.38. The Labute approximate surface area is 215 Å². The Kier molecular flexibility index (Phi) is 6.15. The number of piperazine rings is 1. The topological polar surface area (TPSA) is 70.0 Å². The number of aromatic hydroxyl groups is 1. The third kappa shape index (κ3) is 4.52. The van der Waals surface area contributed by atoms with Crippen molar-refractivity contribution >= 4 is 32.2 Å². The number of halogens is 1. The molecule has 0 bridgehead atoms. The average molecular weight is 550 g/mol. The maximum Gasteiger partial charge on any atom is 0.230 e. The van der Waals surface area contributed by atoms with Crippen molar-refractivity contribution in [2.24, 2.45) is 0 Å². The van der Waals surface area contributed by atoms with Crippen LogP contribution in [0.2, 0.25) is 0 Å². The fourth-order valence-corrected chi connectivity index (χ4v) is 6.20. The van der Waals surface area contributed by atoms with Crippen LogP contribution in [0.5, 0.6) is 5.88 Å². The molecule has 35 heavy (non-hydrogen) atoms. The van der Waals surface area contributed by atoms with Crippen LogP contribution in [0.1, 0.15) is 22.0 Å². The molecule has 0 unspecified atom stereocenters. The van der Waals surface area contributed by atoms with Crippen molar-refractivity contribution in [2.75, 3.05) is 26.2 Å². The quantitative estimate of drug-likeness (QED) is 0.304. The van der Waals surface area contributed by atoms with Gasteiger partial charge in [-0.25, -0.2) is 0 Å². The highest BCUT2D eigenvalue weighted by atomic mass is 79.9. The Bertz CT molecular complexity index is 1430. The molecule has 0 saturated carbocycles. The van der Waals surface area contributed by atoms with Gasteiger partial charge in [-0.2, -0.15) is 9.50 Å². The SMILES string of the molecule is Oc1c([C@H](c2cccc(Br)c2)N2CCN(Cc3ccccc3)CC2)sc2nc(-c3ccco3)nn12. The van der Waals surface area contributed by atoms with Gasteiger partial charge in [-0.3, -0.25) is 9.80 Å². The minimum absolute atomic E-state index is 0.0908. The monoisotopic (exact) mass is 549 g/mol. The molecular weight excluding hydrogens is 526 g/mol. The van der Waals surface area contributed by atoms with Crippen LogP contribution in [0.15, 0.2) is 81.9 Å². The summed E-state index contributed by atoms with van der Waals surface area (Å²) in [4.78, 5) is 11.0. The van der Waals surface area contributed by atoms with Gasteiger partial charge in [0.1, 0.15) is 0 Å². The Hall–Kier alpha value is -2.98. The van der Waals surface area contributed by atoms with E-state index >= 15 is 0 Å². The number of benzene rings is 2. The molecule has 7 nitrogen and oxygen atoms in total. The van der Waals surface area contributed by atoms with E-state index in [9.17, 15) is 5.11 Å². The van der Waals surface area contributed by atoms with Gasteiger partial charge >= 0.3 is 0 Å². The highest BCUT2D eigenvalue weighted by molar-refractivity contribution is 9.10. The largest absolute Gasteiger partial charge is 0.492 e. The fourth-order valence-electron chi connectivity index (χ4n) is 4.66. The molecule has 3 aromatic heterocycles. The predicted molar refractivity (Wildman–Crippen MR) is 140 cm³/mol. The number of furan rings is 1. The molecule has 1 saturated heterocycles. The summed E-state index contributed by atoms with van der Waals surface area (Å²) in [5.74, 6) is 1.18. The smallest absolute Gasteiger partial charge is 0.230 e. The summed E-state index contributed by atoms with van der Waals surface area (Å²) in [6, 6.07) is 22.4. The van der Waals surface area contributed by atoms with Crippen molar-refractivity contribution in [3.05, 3.63) is 93.5 Å². The first-order chi connectivity index (χ1) is 17.2. The molecular formula is C26H24BrN5O2S. The molecule has 9 heteroatoms. The Morgan fingerprint density at radius 2 is 1.83 bits per heavy atom. The van der Waals surface area contributed by atoms with E-state index in [1.165, 1.54) is 21.4 Å². The van der Waals surface area contributed by atoms with E-state index in [0.717, 1.165) is 47.6 Å². The van der Waals surface area contributed by atoms with Crippen LogP contribution >= 0.6 is 27.3 Å². The molecule has 0 aliphatic carbocycles. The molecule has 0 amide bonds. The zero-order chi connectivity index (χ0) is 23.8. The number of rotatable bonds is 6. The molecule has 2 aromatic carbocycles. The van der Waals surface area contributed by atoms with Crippen molar-refractivity contribution in [1.29, 1.82) is 0 Å². The lowest BCUT2D eigenvalue weighted by molar-refractivity contribution is 0.105. The average Bonchev–Trinajstić information content (AvgIpc) is 3.60. The Morgan fingerprint density at radius 3 is 2.54 bits per heavy atom. The van der Waals surface area contributed by atoms with Gasteiger partial charge < -0.3 is 9.52 Å². The van der Waals surface area contributed by atoms with Gasteiger partial charge in [0.05, 0.1) is 17.2 Å². The van der Waals surface area contributed by atoms with Crippen LogP contribution in [-0.4, -0.2) is 55.7 Å². The Morgan fingerprint density at radius 1 is 1.00 bits per heavy atom. The molecule has 6 rings (SSSR count). The molecule has 1 aliphatic rings. The molecule has 1 fully saturated rings. The lowest BCUT2D eigenvalue weighted by Gasteiger charge is -2.39. The van der Waals surface area contributed by atoms with Gasteiger partial charge in [-0.05, 0) is 35.4 Å². The summed E-state index contributed by atoms with van der Waals surface area (Å²) in [5.41, 5.74) is 2.46. The zero-order valence-corrected chi connectivity index (χ0v) is 21.3. The summed E-state index contributed by atoms with van der Waals surface area (Å²) < 4.78 is 7.97. The fraction of sp³-hybridized carbons (Fsp3) is 0.231. The number of aromatic nitrogens is 3. The number of fused-ring (bicyclic) bond motifs is 1. The number of nitrogens with zero attached hydrogens (tertiary/aromatic N) is 5. The summed E-state index contributed by atoms with van der Waals surface area (Å²) in [5, 5.41) is 15.8. The predicted octanol–water partition coefficient (Wildman–Crippen LogP) is 5.43. The van der Waals surface area contributed by atoms with E-state index < -0.39 is 0 Å². The first-order valence-electron chi connectivity index (χ1n) is 11.5. The molecule has 0 spiro atoms. The van der Waals surface area contributed by atoms with Crippen molar-refractivity contribution < 1.29 is 9.52 Å². The van der Waals surface area contributed by atoms with Crippen molar-refractivity contribution in [1.82, 2.24) is 24.4 Å². The van der Waals surface area contributed by atoms with Gasteiger partial charge in [0.25, 0.3) is 0 Å². The lowest BCUT2D eigenvalue weighted by atomic mass is 10.0. The third-order valence-corrected chi connectivity index (χ3v) is 7.94. The van der Waals surface area contributed by atoms with Gasteiger partial charge in [0.2, 0.25) is 16.7 Å². The first-order valence-corrected chi connectivity index (χ1v) is 13.1. The van der Waals surface area contributed by atoms with Crippen LogP contribution in [-0.2, 0) is 6.54 Å². The van der Waals surface area contributed by atoms with Crippen LogP contribution in [0.3, 0.4) is 0 Å². The van der Waals surface area contributed by atoms with E-state index in [0.29, 0.717) is 16.5 Å². The van der Waals surface area contributed by atoms with Crippen LogP contribution in [0.25, 0.3) is 16.5 Å². The Balaban J connectivity index is 1.30. The molecule has 1 N–H and O–H groups in total. The molecule has 5 aromatic rings. The van der Waals surface area contributed by atoms with Crippen molar-refractivity contribution in [3.8, 4) is 17.5 Å². The number of hydrogen-bond donors (Lipinski definition) is 1. The van der Waals surface area contributed by atoms with Gasteiger partial charge in [-0.1, -0.05) is 69.7 Å². The summed E-state index contributed by atoms with van der Waals surface area (Å²) in [6.07, 6.45) is 1.59. The summed E-state index contributed by atoms with van der Waals surface area (Å²) in [7, 11) is 0. The summed E-state index contributed by atoms with van der Waals surface area (Å²) in [6.45, 7) is 4.67. The summed E-state index contributed by atoms with van der Waals surface area (Å²) >= 11 is 5.10. The van der Waals surface area contributed by atoms with E-state index in [-0.39, 0.29) is 11.9 Å². The van der Waals surface area contributed by atoms with Gasteiger partial charge in [0, 0.05) is 37.2 Å². The second kappa shape index (κ2) is 9.58. The minimum Gasteiger partial charge on any atom is -0.492 e. The zero-order valence-electron chi connectivity index (χ0n) is 18.9. The van der Waals surface area contributed by atoms with Crippen molar-refractivity contribution in [2.45, 2.75) is 12.6 Å². The van der Waals surface area contributed by atoms with E-state index in [4.69, 9.17) is 4.42 Å². The van der Waals surface area contributed by atoms with Gasteiger partial charge in [0.15, 0.2) is 5.76 Å². The van der Waals surface area contributed by atoms with E-state index in [1.807, 2.05) is 18.2 Å². The molecule has 0 radical (unpaired) electrons. The first kappa shape index (κ1) is 22.5. The second-order valence-corrected chi connectivity index (χ2v) is 10.6.